The van der Waals surface area contributed by atoms with Crippen molar-refractivity contribution in [3.05, 3.63) is 0 Å². The predicted octanol–water partition coefficient (Wildman–Crippen LogP) is 1.58. The molecule has 2 amide bonds. The molecular weight excluding hydrogens is 290 g/mol. The van der Waals surface area contributed by atoms with Gasteiger partial charge in [0.1, 0.15) is 0 Å². The Bertz CT molecular complexity index is 446. The molecule has 23 heavy (non-hydrogen) atoms. The molecule has 3 rings (SSSR count). The van der Waals surface area contributed by atoms with E-state index in [1.54, 1.807) is 0 Å². The highest BCUT2D eigenvalue weighted by atomic mass is 16.2. The van der Waals surface area contributed by atoms with Crippen LogP contribution in [-0.2, 0) is 9.59 Å². The first kappa shape index (κ1) is 16.7. The van der Waals surface area contributed by atoms with Crippen LogP contribution in [0.1, 0.15) is 46.0 Å². The highest BCUT2D eigenvalue weighted by Crippen LogP contribution is 2.35. The lowest BCUT2D eigenvalue weighted by molar-refractivity contribution is -0.144. The molecule has 1 saturated carbocycles. The Morgan fingerprint density at radius 3 is 2.57 bits per heavy atom. The molecule has 2 heterocycles. The molecule has 0 N–H and O–H groups in total. The van der Waals surface area contributed by atoms with Crippen molar-refractivity contribution in [3.63, 3.8) is 0 Å². The van der Waals surface area contributed by atoms with Gasteiger partial charge in [0.25, 0.3) is 0 Å². The number of hydrogen-bond donors (Lipinski definition) is 0. The number of carbonyl (C=O) groups excluding carboxylic acids is 2. The van der Waals surface area contributed by atoms with Gasteiger partial charge in [0, 0.05) is 44.6 Å². The Morgan fingerprint density at radius 1 is 1.17 bits per heavy atom. The van der Waals surface area contributed by atoms with Crippen molar-refractivity contribution in [3.8, 4) is 0 Å². The van der Waals surface area contributed by atoms with E-state index < -0.39 is 0 Å². The minimum absolute atomic E-state index is 0.315. The molecule has 5 heteroatoms. The molecule has 1 aliphatic carbocycles. The number of rotatable bonds is 6. The number of fused-ring (bicyclic) bond motifs is 1. The summed E-state index contributed by atoms with van der Waals surface area (Å²) >= 11 is 0. The van der Waals surface area contributed by atoms with Crippen LogP contribution in [0.2, 0.25) is 0 Å². The molecule has 0 aromatic carbocycles. The van der Waals surface area contributed by atoms with E-state index in [1.165, 1.54) is 0 Å². The Labute approximate surface area is 140 Å². The molecular formula is C18H31N3O2. The fraction of sp³-hybridized carbons (Fsp3) is 0.889. The first-order valence-electron chi connectivity index (χ1n) is 9.44. The smallest absolute Gasteiger partial charge is 0.225 e. The molecule has 2 saturated heterocycles. The number of hydrogen-bond acceptors (Lipinski definition) is 3. The minimum Gasteiger partial charge on any atom is -0.342 e. The normalized spacial score (nSPS) is 28.2. The highest BCUT2D eigenvalue weighted by molar-refractivity contribution is 5.81. The molecule has 0 radical (unpaired) electrons. The topological polar surface area (TPSA) is 43.9 Å². The second kappa shape index (κ2) is 7.20. The van der Waals surface area contributed by atoms with Gasteiger partial charge in [-0.3, -0.25) is 9.59 Å². The number of piperidine rings is 2. The molecule has 2 aliphatic heterocycles. The van der Waals surface area contributed by atoms with E-state index in [9.17, 15) is 9.59 Å². The van der Waals surface area contributed by atoms with Crippen LogP contribution in [0.5, 0.6) is 0 Å². The van der Waals surface area contributed by atoms with E-state index in [-0.39, 0.29) is 0 Å². The van der Waals surface area contributed by atoms with Gasteiger partial charge in [0.15, 0.2) is 0 Å². The Kier molecular flexibility index (Phi) is 5.24. The lowest BCUT2D eigenvalue weighted by atomic mass is 9.83. The number of carbonyl (C=O) groups is 2. The van der Waals surface area contributed by atoms with E-state index in [0.717, 1.165) is 65.0 Å². The van der Waals surface area contributed by atoms with E-state index in [1.807, 2.05) is 0 Å². The van der Waals surface area contributed by atoms with Crippen LogP contribution in [0.15, 0.2) is 0 Å². The third-order valence-electron chi connectivity index (χ3n) is 5.93. The molecule has 2 atom stereocenters. The second-order valence-corrected chi connectivity index (χ2v) is 7.33. The quantitative estimate of drug-likeness (QED) is 0.746. The zero-order chi connectivity index (χ0) is 16.4. The van der Waals surface area contributed by atoms with Crippen molar-refractivity contribution in [1.82, 2.24) is 14.7 Å². The predicted molar refractivity (Wildman–Crippen MR) is 89.9 cm³/mol. The molecule has 0 aromatic heterocycles. The van der Waals surface area contributed by atoms with Crippen LogP contribution in [0.3, 0.4) is 0 Å². The minimum atomic E-state index is 0.315. The zero-order valence-electron chi connectivity index (χ0n) is 14.7. The van der Waals surface area contributed by atoms with Crippen LogP contribution in [0.25, 0.3) is 0 Å². The van der Waals surface area contributed by atoms with Gasteiger partial charge in [-0.15, -0.1) is 0 Å². The summed E-state index contributed by atoms with van der Waals surface area (Å²) in [6.07, 6.45) is 4.74. The summed E-state index contributed by atoms with van der Waals surface area (Å²) in [5.41, 5.74) is 0. The average molecular weight is 321 g/mol. The van der Waals surface area contributed by atoms with Crippen LogP contribution in [0.4, 0.5) is 0 Å². The van der Waals surface area contributed by atoms with Crippen molar-refractivity contribution in [2.45, 2.75) is 52.0 Å². The molecule has 3 aliphatic rings. The maximum atomic E-state index is 12.4. The summed E-state index contributed by atoms with van der Waals surface area (Å²) in [6, 6.07) is 0.357. The molecule has 0 spiro atoms. The standard InChI is InChI=1S/C18H31N3O2/c1-3-19(4-2)11-12-21-16-9-10-20(18(23)14-5-6-14)13-15(16)7-8-17(21)22/h14-16H,3-13H2,1-2H3/t15-,16+/m1/s1. The van der Waals surface area contributed by atoms with Crippen molar-refractivity contribution >= 4 is 11.8 Å². The summed E-state index contributed by atoms with van der Waals surface area (Å²) < 4.78 is 0. The van der Waals surface area contributed by atoms with Gasteiger partial charge < -0.3 is 14.7 Å². The van der Waals surface area contributed by atoms with Gasteiger partial charge in [-0.25, -0.2) is 0 Å². The average Bonchev–Trinajstić information content (AvgIpc) is 3.41. The van der Waals surface area contributed by atoms with Crippen LogP contribution in [-0.4, -0.2) is 71.8 Å². The fourth-order valence-electron chi connectivity index (χ4n) is 4.22. The maximum Gasteiger partial charge on any atom is 0.225 e. The largest absolute Gasteiger partial charge is 0.342 e. The molecule has 5 nitrogen and oxygen atoms in total. The van der Waals surface area contributed by atoms with Crippen LogP contribution >= 0.6 is 0 Å². The SMILES string of the molecule is CCN(CC)CCN1C(=O)CC[C@@H]2CN(C(=O)C3CC3)CC[C@@H]21. The van der Waals surface area contributed by atoms with Gasteiger partial charge in [0.2, 0.25) is 11.8 Å². The Balaban J connectivity index is 1.58. The molecule has 0 bridgehead atoms. The van der Waals surface area contributed by atoms with Crippen molar-refractivity contribution < 1.29 is 9.59 Å². The Morgan fingerprint density at radius 2 is 1.91 bits per heavy atom. The summed E-state index contributed by atoms with van der Waals surface area (Å²) in [7, 11) is 0. The lowest BCUT2D eigenvalue weighted by Gasteiger charge is -2.47. The number of likely N-dealkylation sites (tertiary alicyclic amines) is 2. The van der Waals surface area contributed by atoms with Gasteiger partial charge in [-0.05, 0) is 44.7 Å². The van der Waals surface area contributed by atoms with E-state index in [0.29, 0.717) is 36.1 Å². The Hall–Kier alpha value is -1.10. The molecule has 0 unspecified atom stereocenters. The van der Waals surface area contributed by atoms with Gasteiger partial charge in [0.05, 0.1) is 0 Å². The fourth-order valence-corrected chi connectivity index (χ4v) is 4.22. The first-order chi connectivity index (χ1) is 11.1. The summed E-state index contributed by atoms with van der Waals surface area (Å²) in [6.45, 7) is 9.94. The summed E-state index contributed by atoms with van der Waals surface area (Å²) in [5, 5.41) is 0. The van der Waals surface area contributed by atoms with Gasteiger partial charge >= 0.3 is 0 Å². The maximum absolute atomic E-state index is 12.4. The van der Waals surface area contributed by atoms with Crippen molar-refractivity contribution in [2.75, 3.05) is 39.3 Å². The monoisotopic (exact) mass is 321 g/mol. The summed E-state index contributed by atoms with van der Waals surface area (Å²) in [5.74, 6) is 1.49. The lowest BCUT2D eigenvalue weighted by Crippen LogP contribution is -2.58. The molecule has 3 fully saturated rings. The molecule has 0 aromatic rings. The first-order valence-corrected chi connectivity index (χ1v) is 9.44. The van der Waals surface area contributed by atoms with Crippen LogP contribution in [0, 0.1) is 11.8 Å². The molecule has 130 valence electrons. The van der Waals surface area contributed by atoms with Crippen molar-refractivity contribution in [1.29, 1.82) is 0 Å². The number of nitrogens with zero attached hydrogens (tertiary/aromatic N) is 3. The third kappa shape index (κ3) is 3.70. The van der Waals surface area contributed by atoms with Gasteiger partial charge in [-0.2, -0.15) is 0 Å². The van der Waals surface area contributed by atoms with E-state index >= 15 is 0 Å². The second-order valence-electron chi connectivity index (χ2n) is 7.33. The number of likely N-dealkylation sites (N-methyl/N-ethyl adjacent to an activating group) is 1. The van der Waals surface area contributed by atoms with Crippen molar-refractivity contribution in [2.24, 2.45) is 11.8 Å². The number of amides is 2. The summed E-state index contributed by atoms with van der Waals surface area (Å²) in [4.78, 5) is 31.3. The zero-order valence-corrected chi connectivity index (χ0v) is 14.7. The van der Waals surface area contributed by atoms with Gasteiger partial charge in [-0.1, -0.05) is 13.8 Å². The third-order valence-corrected chi connectivity index (χ3v) is 5.93. The van der Waals surface area contributed by atoms with Crippen LogP contribution < -0.4 is 0 Å². The van der Waals surface area contributed by atoms with E-state index in [2.05, 4.69) is 28.5 Å². The van der Waals surface area contributed by atoms with E-state index in [4.69, 9.17) is 0 Å². The highest BCUT2D eigenvalue weighted by Gasteiger charge is 2.42.